The van der Waals surface area contributed by atoms with Crippen LogP contribution in [0.25, 0.3) is 0 Å². The molecule has 0 aliphatic heterocycles. The molecule has 150 valence electrons. The Morgan fingerprint density at radius 3 is 2.21 bits per heavy atom. The second kappa shape index (κ2) is 9.64. The van der Waals surface area contributed by atoms with Gasteiger partial charge in [0.05, 0.1) is 19.9 Å². The first-order valence-electron chi connectivity index (χ1n) is 8.93. The van der Waals surface area contributed by atoms with Crippen molar-refractivity contribution < 1.29 is 19.1 Å². The zero-order valence-electron chi connectivity index (χ0n) is 17.0. The van der Waals surface area contributed by atoms with Crippen LogP contribution in [0.4, 0.5) is 17.1 Å². The molecule has 28 heavy (non-hydrogen) atoms. The molecule has 0 atom stereocenters. The van der Waals surface area contributed by atoms with Crippen molar-refractivity contribution in [3.8, 4) is 11.5 Å². The second-order valence-electron chi connectivity index (χ2n) is 6.45. The normalized spacial score (nSPS) is 10.2. The van der Waals surface area contributed by atoms with Gasteiger partial charge in [0.1, 0.15) is 11.5 Å². The number of rotatable bonds is 8. The van der Waals surface area contributed by atoms with Crippen molar-refractivity contribution in [2.45, 2.75) is 13.3 Å². The van der Waals surface area contributed by atoms with Crippen LogP contribution in [-0.4, -0.2) is 46.7 Å². The smallest absolute Gasteiger partial charge is 0.226 e. The van der Waals surface area contributed by atoms with E-state index < -0.39 is 0 Å². The highest BCUT2D eigenvalue weighted by Gasteiger charge is 2.18. The molecular formula is C21H27N3O4. The third-order valence-corrected chi connectivity index (χ3v) is 4.29. The lowest BCUT2D eigenvalue weighted by atomic mass is 10.2. The van der Waals surface area contributed by atoms with E-state index >= 15 is 0 Å². The minimum absolute atomic E-state index is 0.157. The summed E-state index contributed by atoms with van der Waals surface area (Å²) in [5, 5.41) is 2.85. The van der Waals surface area contributed by atoms with Crippen molar-refractivity contribution in [3.63, 3.8) is 0 Å². The van der Waals surface area contributed by atoms with Gasteiger partial charge < -0.3 is 24.6 Å². The van der Waals surface area contributed by atoms with Crippen molar-refractivity contribution in [2.75, 3.05) is 50.0 Å². The Labute approximate surface area is 165 Å². The van der Waals surface area contributed by atoms with Gasteiger partial charge in [0.15, 0.2) is 0 Å². The Morgan fingerprint density at radius 2 is 1.68 bits per heavy atom. The Hall–Kier alpha value is -3.22. The Kier molecular flexibility index (Phi) is 7.26. The predicted octanol–water partition coefficient (Wildman–Crippen LogP) is 3.15. The summed E-state index contributed by atoms with van der Waals surface area (Å²) >= 11 is 0. The van der Waals surface area contributed by atoms with Crippen LogP contribution in [0.1, 0.15) is 13.3 Å². The van der Waals surface area contributed by atoms with Gasteiger partial charge in [-0.25, -0.2) is 0 Å². The fraction of sp³-hybridized carbons (Fsp3) is 0.333. The van der Waals surface area contributed by atoms with Crippen molar-refractivity contribution >= 4 is 28.9 Å². The number of carbonyl (C=O) groups excluding carboxylic acids is 2. The van der Waals surface area contributed by atoms with Gasteiger partial charge in [-0.15, -0.1) is 0 Å². The number of hydrogen-bond acceptors (Lipinski definition) is 5. The van der Waals surface area contributed by atoms with Crippen molar-refractivity contribution in [3.05, 3.63) is 42.5 Å². The van der Waals surface area contributed by atoms with Crippen LogP contribution in [0.3, 0.4) is 0 Å². The zero-order valence-corrected chi connectivity index (χ0v) is 17.0. The van der Waals surface area contributed by atoms with Crippen LogP contribution in [0.5, 0.6) is 11.5 Å². The van der Waals surface area contributed by atoms with Crippen LogP contribution < -0.4 is 24.6 Å². The summed E-state index contributed by atoms with van der Waals surface area (Å²) in [4.78, 5) is 28.0. The molecule has 2 aromatic rings. The molecule has 2 amide bonds. The maximum absolute atomic E-state index is 12.3. The number of carbonyl (C=O) groups is 2. The standard InChI is InChI=1S/C21H27N3O4/c1-15(25)24(19-11-10-18(27-4)14-20(19)28-5)13-12-21(26)22-16-6-8-17(9-7-16)23(2)3/h6-11,14H,12-13H2,1-5H3,(H,22,26). The molecule has 0 bridgehead atoms. The summed E-state index contributed by atoms with van der Waals surface area (Å²) < 4.78 is 10.6. The number of nitrogens with one attached hydrogen (secondary N) is 1. The molecule has 2 rings (SSSR count). The first-order valence-corrected chi connectivity index (χ1v) is 8.93. The molecule has 0 aromatic heterocycles. The molecule has 0 fully saturated rings. The van der Waals surface area contributed by atoms with E-state index in [0.29, 0.717) is 22.9 Å². The number of benzene rings is 2. The lowest BCUT2D eigenvalue weighted by Crippen LogP contribution is -2.32. The molecule has 0 saturated heterocycles. The SMILES string of the molecule is COc1ccc(N(CCC(=O)Nc2ccc(N(C)C)cc2)C(C)=O)c(OC)c1. The van der Waals surface area contributed by atoms with Gasteiger partial charge in [-0.1, -0.05) is 0 Å². The van der Waals surface area contributed by atoms with Crippen molar-refractivity contribution in [1.29, 1.82) is 0 Å². The van der Waals surface area contributed by atoms with Crippen LogP contribution >= 0.6 is 0 Å². The van der Waals surface area contributed by atoms with Crippen LogP contribution in [0, 0.1) is 0 Å². The summed E-state index contributed by atoms with van der Waals surface area (Å²) in [7, 11) is 7.00. The lowest BCUT2D eigenvalue weighted by molar-refractivity contribution is -0.117. The average Bonchev–Trinajstić information content (AvgIpc) is 2.68. The highest BCUT2D eigenvalue weighted by atomic mass is 16.5. The minimum atomic E-state index is -0.174. The van der Waals surface area contributed by atoms with Gasteiger partial charge in [-0.3, -0.25) is 9.59 Å². The van der Waals surface area contributed by atoms with E-state index in [1.807, 2.05) is 43.3 Å². The average molecular weight is 385 g/mol. The fourth-order valence-corrected chi connectivity index (χ4v) is 2.74. The number of methoxy groups -OCH3 is 2. The maximum Gasteiger partial charge on any atom is 0.226 e. The molecule has 7 nitrogen and oxygen atoms in total. The Bertz CT molecular complexity index is 819. The zero-order chi connectivity index (χ0) is 20.7. The molecule has 0 radical (unpaired) electrons. The minimum Gasteiger partial charge on any atom is -0.497 e. The third-order valence-electron chi connectivity index (χ3n) is 4.29. The molecule has 2 aromatic carbocycles. The molecule has 0 aliphatic rings. The van der Waals surface area contributed by atoms with E-state index in [4.69, 9.17) is 9.47 Å². The number of nitrogens with zero attached hydrogens (tertiary/aromatic N) is 2. The summed E-state index contributed by atoms with van der Waals surface area (Å²) in [5.41, 5.74) is 2.36. The van der Waals surface area contributed by atoms with Gasteiger partial charge >= 0.3 is 0 Å². The van der Waals surface area contributed by atoms with Gasteiger partial charge in [0, 0.05) is 51.4 Å². The van der Waals surface area contributed by atoms with E-state index in [0.717, 1.165) is 5.69 Å². The highest BCUT2D eigenvalue weighted by molar-refractivity contribution is 5.96. The number of hydrogen-bond donors (Lipinski definition) is 1. The van der Waals surface area contributed by atoms with Crippen LogP contribution in [-0.2, 0) is 9.59 Å². The third kappa shape index (κ3) is 5.39. The Morgan fingerprint density at radius 1 is 1.00 bits per heavy atom. The van der Waals surface area contributed by atoms with E-state index in [1.54, 1.807) is 25.3 Å². The molecule has 1 N–H and O–H groups in total. The van der Waals surface area contributed by atoms with Gasteiger partial charge in [-0.2, -0.15) is 0 Å². The van der Waals surface area contributed by atoms with E-state index in [9.17, 15) is 9.59 Å². The summed E-state index contributed by atoms with van der Waals surface area (Å²) in [6, 6.07) is 12.8. The lowest BCUT2D eigenvalue weighted by Gasteiger charge is -2.23. The van der Waals surface area contributed by atoms with E-state index in [2.05, 4.69) is 5.32 Å². The van der Waals surface area contributed by atoms with Crippen LogP contribution in [0.2, 0.25) is 0 Å². The van der Waals surface area contributed by atoms with Crippen LogP contribution in [0.15, 0.2) is 42.5 Å². The molecular weight excluding hydrogens is 358 g/mol. The maximum atomic E-state index is 12.3. The summed E-state index contributed by atoms with van der Waals surface area (Å²) in [6.45, 7) is 1.70. The first kappa shape index (κ1) is 21.1. The van der Waals surface area contributed by atoms with Gasteiger partial charge in [0.2, 0.25) is 11.8 Å². The molecule has 0 unspecified atom stereocenters. The van der Waals surface area contributed by atoms with Crippen molar-refractivity contribution in [2.24, 2.45) is 0 Å². The van der Waals surface area contributed by atoms with E-state index in [1.165, 1.54) is 18.9 Å². The first-order chi connectivity index (χ1) is 13.3. The number of ether oxygens (including phenoxy) is 2. The predicted molar refractivity (Wildman–Crippen MR) is 112 cm³/mol. The van der Waals surface area contributed by atoms with Gasteiger partial charge in [-0.05, 0) is 36.4 Å². The van der Waals surface area contributed by atoms with Gasteiger partial charge in [0.25, 0.3) is 0 Å². The molecule has 0 aliphatic carbocycles. The topological polar surface area (TPSA) is 71.1 Å². The monoisotopic (exact) mass is 385 g/mol. The quantitative estimate of drug-likeness (QED) is 0.756. The Balaban J connectivity index is 2.05. The van der Waals surface area contributed by atoms with E-state index in [-0.39, 0.29) is 24.8 Å². The molecule has 0 saturated carbocycles. The largest absolute Gasteiger partial charge is 0.497 e. The second-order valence-corrected chi connectivity index (χ2v) is 6.45. The summed E-state index contributed by atoms with van der Waals surface area (Å²) in [6.07, 6.45) is 0.157. The number of amides is 2. The van der Waals surface area contributed by atoms with Crippen molar-refractivity contribution in [1.82, 2.24) is 0 Å². The number of anilines is 3. The molecule has 0 heterocycles. The summed E-state index contributed by atoms with van der Waals surface area (Å²) in [5.74, 6) is 0.792. The highest BCUT2D eigenvalue weighted by Crippen LogP contribution is 2.32. The fourth-order valence-electron chi connectivity index (χ4n) is 2.74. The molecule has 7 heteroatoms. The molecule has 0 spiro atoms.